The van der Waals surface area contributed by atoms with E-state index in [0.717, 1.165) is 25.9 Å². The van der Waals surface area contributed by atoms with Crippen molar-refractivity contribution in [2.24, 2.45) is 11.8 Å². The van der Waals surface area contributed by atoms with Crippen LogP contribution >= 0.6 is 0 Å². The second-order valence-corrected chi connectivity index (χ2v) is 7.23. The second-order valence-electron chi connectivity index (χ2n) is 7.23. The van der Waals surface area contributed by atoms with Crippen LogP contribution in [0.1, 0.15) is 31.7 Å². The summed E-state index contributed by atoms with van der Waals surface area (Å²) in [5.74, 6) is -0.859. The van der Waals surface area contributed by atoms with Crippen LogP contribution in [-0.2, 0) is 16.1 Å². The minimum atomic E-state index is -0.785. The van der Waals surface area contributed by atoms with Gasteiger partial charge in [0.15, 0.2) is 0 Å². The molecule has 5 nitrogen and oxygen atoms in total. The van der Waals surface area contributed by atoms with E-state index in [4.69, 9.17) is 0 Å². The number of carboxylic acids is 1. The maximum Gasteiger partial charge on any atom is 0.308 e. The molecule has 0 saturated carbocycles. The molecule has 3 rings (SSSR count). The Kier molecular flexibility index (Phi) is 5.19. The predicted molar refractivity (Wildman–Crippen MR) is 91.4 cm³/mol. The fourth-order valence-electron chi connectivity index (χ4n) is 4.03. The molecule has 130 valence electrons. The van der Waals surface area contributed by atoms with Crippen molar-refractivity contribution in [3.05, 3.63) is 35.9 Å². The van der Waals surface area contributed by atoms with E-state index >= 15 is 0 Å². The summed E-state index contributed by atoms with van der Waals surface area (Å²) in [5, 5.41) is 9.32. The van der Waals surface area contributed by atoms with Gasteiger partial charge in [0.05, 0.1) is 12.0 Å². The van der Waals surface area contributed by atoms with Gasteiger partial charge in [-0.05, 0) is 37.3 Å². The zero-order valence-corrected chi connectivity index (χ0v) is 14.2. The highest BCUT2D eigenvalue weighted by molar-refractivity contribution is 5.83. The maximum atomic E-state index is 13.0. The van der Waals surface area contributed by atoms with Crippen molar-refractivity contribution in [3.63, 3.8) is 0 Å². The van der Waals surface area contributed by atoms with Crippen molar-refractivity contribution in [2.75, 3.05) is 19.6 Å². The van der Waals surface area contributed by atoms with Gasteiger partial charge in [-0.25, -0.2) is 0 Å². The lowest BCUT2D eigenvalue weighted by atomic mass is 9.90. The van der Waals surface area contributed by atoms with Gasteiger partial charge in [-0.15, -0.1) is 0 Å². The zero-order valence-electron chi connectivity index (χ0n) is 14.2. The number of benzene rings is 1. The highest BCUT2D eigenvalue weighted by atomic mass is 16.4. The normalized spacial score (nSPS) is 28.0. The molecule has 0 aromatic heterocycles. The minimum Gasteiger partial charge on any atom is -0.481 e. The summed E-state index contributed by atoms with van der Waals surface area (Å²) >= 11 is 0. The van der Waals surface area contributed by atoms with Gasteiger partial charge < -0.3 is 10.0 Å². The standard InChI is InChI=1S/C19H26N2O3/c1-14-10-16(19(23)24)13-21(11-14)18(22)17-8-5-9-20(17)12-15-6-3-2-4-7-15/h2-4,6-7,14,16-17H,5,8-13H2,1H3,(H,23,24). The van der Waals surface area contributed by atoms with Crippen LogP contribution in [0.4, 0.5) is 0 Å². The number of amides is 1. The van der Waals surface area contributed by atoms with E-state index in [0.29, 0.717) is 19.5 Å². The Morgan fingerprint density at radius 2 is 1.96 bits per heavy atom. The lowest BCUT2D eigenvalue weighted by Crippen LogP contribution is -2.51. The second kappa shape index (κ2) is 7.34. The summed E-state index contributed by atoms with van der Waals surface area (Å²) in [6.07, 6.45) is 2.56. The largest absolute Gasteiger partial charge is 0.481 e. The van der Waals surface area contributed by atoms with Gasteiger partial charge in [0, 0.05) is 19.6 Å². The first kappa shape index (κ1) is 17.0. The summed E-state index contributed by atoms with van der Waals surface area (Å²) < 4.78 is 0. The molecule has 1 aromatic rings. The predicted octanol–water partition coefficient (Wildman–Crippen LogP) is 2.22. The van der Waals surface area contributed by atoms with Crippen molar-refractivity contribution >= 4 is 11.9 Å². The van der Waals surface area contributed by atoms with Gasteiger partial charge in [0.2, 0.25) is 5.91 Å². The van der Waals surface area contributed by atoms with E-state index in [9.17, 15) is 14.7 Å². The summed E-state index contributed by atoms with van der Waals surface area (Å²) in [5.41, 5.74) is 1.22. The van der Waals surface area contributed by atoms with Crippen molar-refractivity contribution < 1.29 is 14.7 Å². The van der Waals surface area contributed by atoms with Gasteiger partial charge >= 0.3 is 5.97 Å². The monoisotopic (exact) mass is 330 g/mol. The third-order valence-corrected chi connectivity index (χ3v) is 5.20. The van der Waals surface area contributed by atoms with Crippen LogP contribution in [0.5, 0.6) is 0 Å². The Morgan fingerprint density at radius 3 is 2.67 bits per heavy atom. The molecule has 0 bridgehead atoms. The van der Waals surface area contributed by atoms with E-state index in [1.54, 1.807) is 4.90 Å². The minimum absolute atomic E-state index is 0.107. The number of carboxylic acid groups (broad SMARTS) is 1. The molecule has 3 unspecified atom stereocenters. The SMILES string of the molecule is CC1CC(C(=O)O)CN(C(=O)C2CCCN2Cc2ccccc2)C1. The fraction of sp³-hybridized carbons (Fsp3) is 0.579. The van der Waals surface area contributed by atoms with Crippen LogP contribution in [0, 0.1) is 11.8 Å². The van der Waals surface area contributed by atoms with Crippen molar-refractivity contribution in [3.8, 4) is 0 Å². The molecule has 0 radical (unpaired) electrons. The van der Waals surface area contributed by atoms with Crippen molar-refractivity contribution in [1.82, 2.24) is 9.80 Å². The molecule has 0 spiro atoms. The molecule has 5 heteroatoms. The lowest BCUT2D eigenvalue weighted by molar-refractivity contribution is -0.148. The van der Waals surface area contributed by atoms with Crippen LogP contribution in [0.3, 0.4) is 0 Å². The van der Waals surface area contributed by atoms with Gasteiger partial charge in [0.1, 0.15) is 0 Å². The van der Waals surface area contributed by atoms with Crippen molar-refractivity contribution in [1.29, 1.82) is 0 Å². The number of carbonyl (C=O) groups excluding carboxylic acids is 1. The quantitative estimate of drug-likeness (QED) is 0.919. The third kappa shape index (κ3) is 3.78. The molecular formula is C19H26N2O3. The van der Waals surface area contributed by atoms with Gasteiger partial charge in [0.25, 0.3) is 0 Å². The highest BCUT2D eigenvalue weighted by Crippen LogP contribution is 2.26. The van der Waals surface area contributed by atoms with Gasteiger partial charge in [-0.2, -0.15) is 0 Å². The van der Waals surface area contributed by atoms with E-state index < -0.39 is 11.9 Å². The molecule has 2 heterocycles. The number of aliphatic carboxylic acids is 1. The van der Waals surface area contributed by atoms with E-state index in [-0.39, 0.29) is 17.9 Å². The Bertz CT molecular complexity index is 590. The van der Waals surface area contributed by atoms with Crippen LogP contribution in [0.25, 0.3) is 0 Å². The summed E-state index contributed by atoms with van der Waals surface area (Å²) in [7, 11) is 0. The summed E-state index contributed by atoms with van der Waals surface area (Å²) in [6.45, 7) is 4.78. The highest BCUT2D eigenvalue weighted by Gasteiger charge is 2.38. The number of carbonyl (C=O) groups is 2. The van der Waals surface area contributed by atoms with Crippen LogP contribution in [0.2, 0.25) is 0 Å². The summed E-state index contributed by atoms with van der Waals surface area (Å²) in [4.78, 5) is 28.4. The van der Waals surface area contributed by atoms with Gasteiger partial charge in [-0.3, -0.25) is 14.5 Å². The molecule has 3 atom stereocenters. The van der Waals surface area contributed by atoms with Crippen molar-refractivity contribution in [2.45, 2.75) is 38.8 Å². The molecule has 2 fully saturated rings. The van der Waals surface area contributed by atoms with Crippen LogP contribution < -0.4 is 0 Å². The fourth-order valence-corrected chi connectivity index (χ4v) is 4.03. The van der Waals surface area contributed by atoms with E-state index in [2.05, 4.69) is 17.0 Å². The average molecular weight is 330 g/mol. The zero-order chi connectivity index (χ0) is 17.1. The smallest absolute Gasteiger partial charge is 0.308 e. The Labute approximate surface area is 143 Å². The van der Waals surface area contributed by atoms with E-state index in [1.807, 2.05) is 25.1 Å². The number of nitrogens with zero attached hydrogens (tertiary/aromatic N) is 2. The summed E-state index contributed by atoms with van der Waals surface area (Å²) in [6, 6.07) is 10.1. The molecule has 0 aliphatic carbocycles. The topological polar surface area (TPSA) is 60.9 Å². The molecule has 2 saturated heterocycles. The first-order valence-electron chi connectivity index (χ1n) is 8.84. The molecule has 2 aliphatic rings. The Hall–Kier alpha value is -1.88. The molecular weight excluding hydrogens is 304 g/mol. The third-order valence-electron chi connectivity index (χ3n) is 5.20. The molecule has 24 heavy (non-hydrogen) atoms. The Balaban J connectivity index is 1.67. The molecule has 1 amide bonds. The van der Waals surface area contributed by atoms with Crippen LogP contribution in [0.15, 0.2) is 30.3 Å². The number of rotatable bonds is 4. The number of likely N-dealkylation sites (tertiary alicyclic amines) is 2. The maximum absolute atomic E-state index is 13.0. The van der Waals surface area contributed by atoms with Gasteiger partial charge in [-0.1, -0.05) is 37.3 Å². The van der Waals surface area contributed by atoms with E-state index in [1.165, 1.54) is 5.56 Å². The lowest BCUT2D eigenvalue weighted by Gasteiger charge is -2.37. The number of piperidine rings is 1. The molecule has 2 aliphatic heterocycles. The molecule has 1 aromatic carbocycles. The first-order chi connectivity index (χ1) is 11.5. The number of hydrogen-bond donors (Lipinski definition) is 1. The average Bonchev–Trinajstić information content (AvgIpc) is 3.02. The number of hydrogen-bond acceptors (Lipinski definition) is 3. The first-order valence-corrected chi connectivity index (χ1v) is 8.84. The van der Waals surface area contributed by atoms with Crippen LogP contribution in [-0.4, -0.2) is 52.5 Å². The Morgan fingerprint density at radius 1 is 1.21 bits per heavy atom. The molecule has 1 N–H and O–H groups in total.